The zero-order valence-corrected chi connectivity index (χ0v) is 22.3. The Hall–Kier alpha value is -4.98. The highest BCUT2D eigenvalue weighted by molar-refractivity contribution is 7.98. The van der Waals surface area contributed by atoms with Gasteiger partial charge in [0.05, 0.1) is 41.9 Å². The Morgan fingerprint density at radius 1 is 0.975 bits per heavy atom. The van der Waals surface area contributed by atoms with Gasteiger partial charge in [-0.1, -0.05) is 30.3 Å². The summed E-state index contributed by atoms with van der Waals surface area (Å²) >= 11 is 1.36. The third-order valence-electron chi connectivity index (χ3n) is 5.42. The average Bonchev–Trinajstić information content (AvgIpc) is 2.96. The van der Waals surface area contributed by atoms with Crippen molar-refractivity contribution in [3.63, 3.8) is 0 Å². The van der Waals surface area contributed by atoms with Gasteiger partial charge in [0, 0.05) is 29.2 Å². The summed E-state index contributed by atoms with van der Waals surface area (Å²) in [7, 11) is 2.98. The zero-order valence-electron chi connectivity index (χ0n) is 21.4. The van der Waals surface area contributed by atoms with Crippen LogP contribution in [0.25, 0.3) is 0 Å². The lowest BCUT2D eigenvalue weighted by atomic mass is 10.1. The van der Waals surface area contributed by atoms with Gasteiger partial charge in [-0.25, -0.2) is 5.43 Å². The molecule has 0 radical (unpaired) electrons. The summed E-state index contributed by atoms with van der Waals surface area (Å²) in [6, 6.07) is 15.9. The molecular formula is C26H25N5O8S. The summed E-state index contributed by atoms with van der Waals surface area (Å²) in [6.45, 7) is 0. The minimum absolute atomic E-state index is 0.113. The Labute approximate surface area is 232 Å². The fourth-order valence-corrected chi connectivity index (χ4v) is 4.43. The molecule has 2 N–H and O–H groups in total. The van der Waals surface area contributed by atoms with E-state index >= 15 is 0 Å². The maximum Gasteiger partial charge on any atom is 0.277 e. The van der Waals surface area contributed by atoms with E-state index in [0.717, 1.165) is 23.8 Å². The Balaban J connectivity index is 1.80. The predicted molar refractivity (Wildman–Crippen MR) is 149 cm³/mol. The first kappa shape index (κ1) is 29.6. The van der Waals surface area contributed by atoms with Crippen LogP contribution in [0.1, 0.15) is 21.5 Å². The summed E-state index contributed by atoms with van der Waals surface area (Å²) in [5.41, 5.74) is 2.29. The monoisotopic (exact) mass is 567 g/mol. The standard InChI is InChI=1S/C26H25N5O8S/c1-38-22-8-9-24(39-2)19(12-22)14-27-29-26(33)23(16-40-15-17-6-4-3-5-7-17)28-25(32)18-10-20(30(34)35)13-21(11-18)31(36)37/h3-14,23H,15-16H2,1-2H3,(H,28,32)(H,29,33)/b27-14+. The number of hydrogen-bond donors (Lipinski definition) is 2. The van der Waals surface area contributed by atoms with E-state index in [4.69, 9.17) is 9.47 Å². The Bertz CT molecular complexity index is 1390. The molecule has 3 aromatic rings. The number of non-ortho nitro benzene ring substituents is 2. The molecule has 3 aromatic carbocycles. The number of carbonyl (C=O) groups excluding carboxylic acids is 2. The van der Waals surface area contributed by atoms with E-state index in [2.05, 4.69) is 15.8 Å². The van der Waals surface area contributed by atoms with Crippen LogP contribution in [0, 0.1) is 20.2 Å². The molecule has 0 bridgehead atoms. The maximum absolute atomic E-state index is 13.0. The number of hydrazone groups is 1. The Kier molecular flexibility index (Phi) is 10.5. The molecule has 40 heavy (non-hydrogen) atoms. The summed E-state index contributed by atoms with van der Waals surface area (Å²) < 4.78 is 10.5. The highest BCUT2D eigenvalue weighted by Crippen LogP contribution is 2.24. The van der Waals surface area contributed by atoms with Crippen LogP contribution < -0.4 is 20.2 Å². The smallest absolute Gasteiger partial charge is 0.277 e. The summed E-state index contributed by atoms with van der Waals surface area (Å²) in [4.78, 5) is 46.8. The Morgan fingerprint density at radius 2 is 1.65 bits per heavy atom. The van der Waals surface area contributed by atoms with Gasteiger partial charge in [-0.2, -0.15) is 16.9 Å². The second kappa shape index (κ2) is 14.2. The van der Waals surface area contributed by atoms with Crippen LogP contribution in [-0.2, 0) is 10.5 Å². The number of ether oxygens (including phenoxy) is 2. The van der Waals surface area contributed by atoms with E-state index in [1.54, 1.807) is 18.2 Å². The van der Waals surface area contributed by atoms with Gasteiger partial charge in [0.1, 0.15) is 17.5 Å². The molecule has 0 saturated heterocycles. The average molecular weight is 568 g/mol. The first-order chi connectivity index (χ1) is 19.2. The molecule has 1 atom stereocenters. The van der Waals surface area contributed by atoms with Crippen LogP contribution in [0.2, 0.25) is 0 Å². The normalized spacial score (nSPS) is 11.4. The van der Waals surface area contributed by atoms with E-state index in [1.165, 1.54) is 32.2 Å². The number of nitro benzene ring substituents is 2. The molecule has 0 fully saturated rings. The van der Waals surface area contributed by atoms with Crippen molar-refractivity contribution in [1.82, 2.24) is 10.7 Å². The number of nitrogens with one attached hydrogen (secondary N) is 2. The van der Waals surface area contributed by atoms with Crippen LogP contribution >= 0.6 is 11.8 Å². The fourth-order valence-electron chi connectivity index (χ4n) is 3.41. The number of methoxy groups -OCH3 is 2. The van der Waals surface area contributed by atoms with Gasteiger partial charge in [-0.3, -0.25) is 29.8 Å². The van der Waals surface area contributed by atoms with Gasteiger partial charge in [0.25, 0.3) is 23.2 Å². The molecule has 0 aliphatic rings. The molecule has 1 unspecified atom stereocenters. The lowest BCUT2D eigenvalue weighted by Crippen LogP contribution is -2.47. The lowest BCUT2D eigenvalue weighted by Gasteiger charge is -2.17. The first-order valence-corrected chi connectivity index (χ1v) is 12.8. The molecule has 3 rings (SSSR count). The maximum atomic E-state index is 13.0. The van der Waals surface area contributed by atoms with Crippen LogP contribution in [0.4, 0.5) is 11.4 Å². The minimum atomic E-state index is -1.14. The van der Waals surface area contributed by atoms with Crippen molar-refractivity contribution in [3.05, 3.63) is 104 Å². The quantitative estimate of drug-likeness (QED) is 0.177. The number of thioether (sulfide) groups is 1. The van der Waals surface area contributed by atoms with Gasteiger partial charge in [-0.15, -0.1) is 0 Å². The van der Waals surface area contributed by atoms with Crippen molar-refractivity contribution >= 4 is 41.2 Å². The summed E-state index contributed by atoms with van der Waals surface area (Å²) in [6.07, 6.45) is 1.35. The number of nitro groups is 2. The number of amides is 2. The van der Waals surface area contributed by atoms with Crippen molar-refractivity contribution in [2.75, 3.05) is 20.0 Å². The predicted octanol–water partition coefficient (Wildman–Crippen LogP) is 3.70. The highest BCUT2D eigenvalue weighted by atomic mass is 32.2. The number of nitrogens with zero attached hydrogens (tertiary/aromatic N) is 3. The molecule has 0 aliphatic carbocycles. The third kappa shape index (κ3) is 8.26. The van der Waals surface area contributed by atoms with E-state index < -0.39 is 39.1 Å². The van der Waals surface area contributed by atoms with Gasteiger partial charge < -0.3 is 14.8 Å². The zero-order chi connectivity index (χ0) is 29.1. The molecule has 2 amide bonds. The molecular weight excluding hydrogens is 542 g/mol. The molecule has 13 nitrogen and oxygen atoms in total. The van der Waals surface area contributed by atoms with Crippen LogP contribution in [0.3, 0.4) is 0 Å². The van der Waals surface area contributed by atoms with E-state index in [-0.39, 0.29) is 11.3 Å². The molecule has 0 saturated carbocycles. The van der Waals surface area contributed by atoms with Gasteiger partial charge in [-0.05, 0) is 23.8 Å². The van der Waals surface area contributed by atoms with Crippen LogP contribution in [0.15, 0.2) is 71.8 Å². The van der Waals surface area contributed by atoms with Gasteiger partial charge in [0.15, 0.2) is 0 Å². The second-order valence-electron chi connectivity index (χ2n) is 8.12. The lowest BCUT2D eigenvalue weighted by molar-refractivity contribution is -0.394. The highest BCUT2D eigenvalue weighted by Gasteiger charge is 2.25. The molecule has 0 spiro atoms. The summed E-state index contributed by atoms with van der Waals surface area (Å²) in [5, 5.41) is 28.9. The number of benzene rings is 3. The largest absolute Gasteiger partial charge is 0.497 e. The molecule has 0 heterocycles. The van der Waals surface area contributed by atoms with E-state index in [0.29, 0.717) is 22.8 Å². The second-order valence-corrected chi connectivity index (χ2v) is 9.15. The van der Waals surface area contributed by atoms with Crippen molar-refractivity contribution < 1.29 is 28.9 Å². The van der Waals surface area contributed by atoms with Crippen molar-refractivity contribution in [2.24, 2.45) is 5.10 Å². The van der Waals surface area contributed by atoms with Crippen molar-refractivity contribution in [2.45, 2.75) is 11.8 Å². The van der Waals surface area contributed by atoms with Crippen LogP contribution in [-0.4, -0.2) is 53.9 Å². The third-order valence-corrected chi connectivity index (χ3v) is 6.53. The number of hydrogen-bond acceptors (Lipinski definition) is 10. The van der Waals surface area contributed by atoms with Crippen molar-refractivity contribution in [1.29, 1.82) is 0 Å². The first-order valence-electron chi connectivity index (χ1n) is 11.6. The topological polar surface area (TPSA) is 175 Å². The molecule has 0 aromatic heterocycles. The molecule has 14 heteroatoms. The van der Waals surface area contributed by atoms with Crippen molar-refractivity contribution in [3.8, 4) is 11.5 Å². The number of rotatable bonds is 13. The van der Waals surface area contributed by atoms with Gasteiger partial charge >= 0.3 is 0 Å². The Morgan fingerprint density at radius 3 is 2.25 bits per heavy atom. The minimum Gasteiger partial charge on any atom is -0.497 e. The SMILES string of the molecule is COc1ccc(OC)c(/C=N/NC(=O)C(CSCc2ccccc2)NC(=O)c2cc([N+](=O)[O-])cc([N+](=O)[O-])c2)c1. The van der Waals surface area contributed by atoms with E-state index in [1.807, 2.05) is 30.3 Å². The fraction of sp³-hybridized carbons (Fsp3) is 0.192. The van der Waals surface area contributed by atoms with Crippen LogP contribution in [0.5, 0.6) is 11.5 Å². The number of carbonyl (C=O) groups is 2. The van der Waals surface area contributed by atoms with E-state index in [9.17, 15) is 29.8 Å². The summed E-state index contributed by atoms with van der Waals surface area (Å²) in [5.74, 6) is 0.100. The molecule has 0 aliphatic heterocycles. The van der Waals surface area contributed by atoms with Gasteiger partial charge in [0.2, 0.25) is 0 Å². The molecule has 208 valence electrons.